The number of hydrogen-bond acceptors (Lipinski definition) is 3. The zero-order valence-corrected chi connectivity index (χ0v) is 12.2. The van der Waals surface area contributed by atoms with E-state index in [2.05, 4.69) is 12.2 Å². The molecule has 17 heavy (non-hydrogen) atoms. The van der Waals surface area contributed by atoms with Gasteiger partial charge in [0.25, 0.3) is 0 Å². The number of amides is 1. The van der Waals surface area contributed by atoms with Crippen LogP contribution in [0.25, 0.3) is 0 Å². The standard InChI is InChI=1S/C12H26N2O2S/c1-5-6-10(3)14-12(15)11(4)17(16)8-9(2)7-13/h9-11H,5-8,13H2,1-4H3,(H,14,15). The number of hydrogen-bond donors (Lipinski definition) is 2. The van der Waals surface area contributed by atoms with Crippen molar-refractivity contribution in [3.05, 3.63) is 0 Å². The smallest absolute Gasteiger partial charge is 0.235 e. The molecule has 0 rings (SSSR count). The summed E-state index contributed by atoms with van der Waals surface area (Å²) in [5.74, 6) is 0.570. The van der Waals surface area contributed by atoms with Crippen molar-refractivity contribution < 1.29 is 9.00 Å². The van der Waals surface area contributed by atoms with Gasteiger partial charge >= 0.3 is 0 Å². The average Bonchev–Trinajstić information content (AvgIpc) is 2.27. The molecule has 0 saturated carbocycles. The fourth-order valence-electron chi connectivity index (χ4n) is 1.48. The van der Waals surface area contributed by atoms with Gasteiger partial charge in [-0.15, -0.1) is 0 Å². The normalized spacial score (nSPS) is 18.2. The largest absolute Gasteiger partial charge is 0.353 e. The number of carbonyl (C=O) groups is 1. The van der Waals surface area contributed by atoms with Gasteiger partial charge in [0, 0.05) is 22.6 Å². The van der Waals surface area contributed by atoms with Gasteiger partial charge in [0.1, 0.15) is 5.25 Å². The molecular formula is C12H26N2O2S. The maximum atomic E-state index is 11.9. The third-order valence-corrected chi connectivity index (χ3v) is 4.63. The van der Waals surface area contributed by atoms with Crippen LogP contribution in [-0.2, 0) is 15.6 Å². The molecule has 4 nitrogen and oxygen atoms in total. The van der Waals surface area contributed by atoms with E-state index in [1.807, 2.05) is 13.8 Å². The van der Waals surface area contributed by atoms with Crippen molar-refractivity contribution >= 4 is 16.7 Å². The summed E-state index contributed by atoms with van der Waals surface area (Å²) in [5.41, 5.74) is 5.48. The predicted octanol–water partition coefficient (Wildman–Crippen LogP) is 1.02. The molecule has 1 amide bonds. The van der Waals surface area contributed by atoms with E-state index in [1.54, 1.807) is 6.92 Å². The number of nitrogens with one attached hydrogen (secondary N) is 1. The van der Waals surface area contributed by atoms with Crippen molar-refractivity contribution in [2.75, 3.05) is 12.3 Å². The summed E-state index contributed by atoms with van der Waals surface area (Å²) in [5, 5.41) is 2.43. The second kappa shape index (κ2) is 8.64. The minimum atomic E-state index is -1.14. The van der Waals surface area contributed by atoms with Gasteiger partial charge in [-0.25, -0.2) is 0 Å². The first-order chi connectivity index (χ1) is 7.92. The number of carbonyl (C=O) groups excluding carboxylic acids is 1. The highest BCUT2D eigenvalue weighted by molar-refractivity contribution is 7.86. The maximum absolute atomic E-state index is 11.9. The van der Waals surface area contributed by atoms with Crippen molar-refractivity contribution in [1.82, 2.24) is 5.32 Å². The number of rotatable bonds is 8. The molecule has 0 spiro atoms. The van der Waals surface area contributed by atoms with Crippen LogP contribution >= 0.6 is 0 Å². The lowest BCUT2D eigenvalue weighted by Crippen LogP contribution is -2.41. The topological polar surface area (TPSA) is 72.2 Å². The third kappa shape index (κ3) is 6.78. The molecule has 0 radical (unpaired) electrons. The van der Waals surface area contributed by atoms with E-state index in [9.17, 15) is 9.00 Å². The zero-order chi connectivity index (χ0) is 13.4. The molecule has 0 aliphatic carbocycles. The molecule has 0 aliphatic rings. The quantitative estimate of drug-likeness (QED) is 0.686. The Morgan fingerprint density at radius 1 is 1.35 bits per heavy atom. The van der Waals surface area contributed by atoms with Crippen LogP contribution in [0.1, 0.15) is 40.5 Å². The summed E-state index contributed by atoms with van der Waals surface area (Å²) in [6.07, 6.45) is 1.98. The van der Waals surface area contributed by atoms with Gasteiger partial charge < -0.3 is 11.1 Å². The lowest BCUT2D eigenvalue weighted by molar-refractivity contribution is -0.121. The average molecular weight is 262 g/mol. The molecular weight excluding hydrogens is 236 g/mol. The van der Waals surface area contributed by atoms with Crippen LogP contribution in [-0.4, -0.2) is 33.7 Å². The fourth-order valence-corrected chi connectivity index (χ4v) is 2.77. The van der Waals surface area contributed by atoms with E-state index in [1.165, 1.54) is 0 Å². The summed E-state index contributed by atoms with van der Waals surface area (Å²) >= 11 is 0. The lowest BCUT2D eigenvalue weighted by atomic mass is 10.2. The van der Waals surface area contributed by atoms with Crippen molar-refractivity contribution in [3.63, 3.8) is 0 Å². The molecule has 5 heteroatoms. The second-order valence-corrected chi connectivity index (χ2v) is 6.53. The molecule has 0 fully saturated rings. The third-order valence-electron chi connectivity index (χ3n) is 2.73. The van der Waals surface area contributed by atoms with Crippen molar-refractivity contribution in [2.45, 2.75) is 51.8 Å². The summed E-state index contributed by atoms with van der Waals surface area (Å²) in [7, 11) is -1.14. The molecule has 0 bridgehead atoms. The fraction of sp³-hybridized carbons (Fsp3) is 0.917. The van der Waals surface area contributed by atoms with E-state index >= 15 is 0 Å². The van der Waals surface area contributed by atoms with Gasteiger partial charge in [0.05, 0.1) is 0 Å². The van der Waals surface area contributed by atoms with Gasteiger partial charge in [-0.1, -0.05) is 20.3 Å². The van der Waals surface area contributed by atoms with Crippen LogP contribution in [0.4, 0.5) is 0 Å². The lowest BCUT2D eigenvalue weighted by Gasteiger charge is -2.18. The van der Waals surface area contributed by atoms with E-state index in [-0.39, 0.29) is 17.9 Å². The van der Waals surface area contributed by atoms with E-state index in [0.717, 1.165) is 12.8 Å². The molecule has 0 saturated heterocycles. The zero-order valence-electron chi connectivity index (χ0n) is 11.4. The molecule has 4 unspecified atom stereocenters. The highest BCUT2D eigenvalue weighted by Gasteiger charge is 2.22. The van der Waals surface area contributed by atoms with E-state index in [4.69, 9.17) is 5.73 Å². The molecule has 4 atom stereocenters. The molecule has 0 aromatic carbocycles. The van der Waals surface area contributed by atoms with Gasteiger partial charge in [0.15, 0.2) is 0 Å². The Morgan fingerprint density at radius 3 is 2.41 bits per heavy atom. The van der Waals surface area contributed by atoms with Crippen molar-refractivity contribution in [1.29, 1.82) is 0 Å². The first-order valence-corrected chi connectivity index (χ1v) is 7.68. The SMILES string of the molecule is CCCC(C)NC(=O)C(C)S(=O)CC(C)CN. The minimum Gasteiger partial charge on any atom is -0.353 e. The van der Waals surface area contributed by atoms with Crippen molar-refractivity contribution in [3.8, 4) is 0 Å². The molecule has 0 heterocycles. The maximum Gasteiger partial charge on any atom is 0.235 e. The first-order valence-electron chi connectivity index (χ1n) is 6.29. The highest BCUT2D eigenvalue weighted by Crippen LogP contribution is 2.04. The molecule has 0 aromatic rings. The van der Waals surface area contributed by atoms with Crippen LogP contribution < -0.4 is 11.1 Å². The van der Waals surface area contributed by atoms with E-state index in [0.29, 0.717) is 12.3 Å². The monoisotopic (exact) mass is 262 g/mol. The Morgan fingerprint density at radius 2 is 1.94 bits per heavy atom. The molecule has 0 aromatic heterocycles. The van der Waals surface area contributed by atoms with Crippen LogP contribution in [0.2, 0.25) is 0 Å². The van der Waals surface area contributed by atoms with Crippen LogP contribution in [0.5, 0.6) is 0 Å². The van der Waals surface area contributed by atoms with Gasteiger partial charge in [-0.05, 0) is 32.7 Å². The van der Waals surface area contributed by atoms with Crippen LogP contribution in [0.15, 0.2) is 0 Å². The summed E-state index contributed by atoms with van der Waals surface area (Å²) < 4.78 is 11.9. The van der Waals surface area contributed by atoms with Gasteiger partial charge in [-0.2, -0.15) is 0 Å². The minimum absolute atomic E-state index is 0.117. The van der Waals surface area contributed by atoms with E-state index < -0.39 is 16.0 Å². The first kappa shape index (κ1) is 16.6. The highest BCUT2D eigenvalue weighted by atomic mass is 32.2. The molecule has 0 aliphatic heterocycles. The van der Waals surface area contributed by atoms with Crippen molar-refractivity contribution in [2.24, 2.45) is 11.7 Å². The Bertz CT molecular complexity index is 259. The predicted molar refractivity (Wildman–Crippen MR) is 73.2 cm³/mol. The number of nitrogens with two attached hydrogens (primary N) is 1. The Labute approximate surface area is 107 Å². The Kier molecular flexibility index (Phi) is 8.43. The Hall–Kier alpha value is -0.420. The second-order valence-electron chi connectivity index (χ2n) is 4.73. The summed E-state index contributed by atoms with van der Waals surface area (Å²) in [6, 6.07) is 0.152. The molecule has 3 N–H and O–H groups in total. The summed E-state index contributed by atoms with van der Waals surface area (Å²) in [6.45, 7) is 8.22. The van der Waals surface area contributed by atoms with Crippen LogP contribution in [0.3, 0.4) is 0 Å². The summed E-state index contributed by atoms with van der Waals surface area (Å²) in [4.78, 5) is 11.8. The molecule has 102 valence electrons. The Balaban J connectivity index is 4.15. The van der Waals surface area contributed by atoms with Gasteiger partial charge in [0.2, 0.25) is 5.91 Å². The van der Waals surface area contributed by atoms with Crippen LogP contribution in [0, 0.1) is 5.92 Å². The van der Waals surface area contributed by atoms with Gasteiger partial charge in [-0.3, -0.25) is 9.00 Å².